The molecule has 0 saturated carbocycles. The van der Waals surface area contributed by atoms with E-state index in [0.29, 0.717) is 12.2 Å². The Bertz CT molecular complexity index is 859. The first-order chi connectivity index (χ1) is 12.7. The van der Waals surface area contributed by atoms with E-state index in [9.17, 15) is 4.39 Å². The van der Waals surface area contributed by atoms with Crippen molar-refractivity contribution in [2.45, 2.75) is 39.0 Å². The molecule has 0 spiro atoms. The van der Waals surface area contributed by atoms with Crippen molar-refractivity contribution in [1.29, 1.82) is 0 Å². The highest BCUT2D eigenvalue weighted by Crippen LogP contribution is 2.18. The number of aromatic nitrogens is 2. The standard InChI is InChI=1S/C21H24FN3O/c1-16-11-17(7-8-20(16)22)15-26-19-5-4-9-24(14-19)12-18-13-25-10-3-2-6-21(25)23-18/h2-3,6-8,10-11,13,19H,4-5,9,12,14-15H2,1H3/t19-/m0/s1. The monoisotopic (exact) mass is 353 g/mol. The van der Waals surface area contributed by atoms with Crippen LogP contribution in [0.1, 0.15) is 29.7 Å². The van der Waals surface area contributed by atoms with Crippen molar-refractivity contribution < 1.29 is 9.13 Å². The lowest BCUT2D eigenvalue weighted by molar-refractivity contribution is -0.0123. The highest BCUT2D eigenvalue weighted by Gasteiger charge is 2.21. The van der Waals surface area contributed by atoms with Gasteiger partial charge in [0, 0.05) is 25.5 Å². The molecule has 5 heteroatoms. The molecule has 0 radical (unpaired) electrons. The van der Waals surface area contributed by atoms with Gasteiger partial charge in [0.05, 0.1) is 18.4 Å². The van der Waals surface area contributed by atoms with Crippen LogP contribution in [0.3, 0.4) is 0 Å². The van der Waals surface area contributed by atoms with E-state index >= 15 is 0 Å². The predicted molar refractivity (Wildman–Crippen MR) is 99.4 cm³/mol. The normalized spacial score (nSPS) is 18.5. The number of hydrogen-bond donors (Lipinski definition) is 0. The number of likely N-dealkylation sites (tertiary alicyclic amines) is 1. The molecule has 1 fully saturated rings. The molecular formula is C21H24FN3O. The molecule has 1 atom stereocenters. The van der Waals surface area contributed by atoms with Crippen molar-refractivity contribution in [2.24, 2.45) is 0 Å². The molecular weight excluding hydrogens is 329 g/mol. The molecule has 0 amide bonds. The van der Waals surface area contributed by atoms with Gasteiger partial charge in [0.1, 0.15) is 11.5 Å². The number of aryl methyl sites for hydroxylation is 1. The van der Waals surface area contributed by atoms with Crippen molar-refractivity contribution >= 4 is 5.65 Å². The van der Waals surface area contributed by atoms with E-state index in [-0.39, 0.29) is 11.9 Å². The molecule has 1 aliphatic heterocycles. The maximum atomic E-state index is 13.4. The number of benzene rings is 1. The van der Waals surface area contributed by atoms with Crippen molar-refractivity contribution in [3.05, 3.63) is 71.4 Å². The Balaban J connectivity index is 1.34. The second-order valence-electron chi connectivity index (χ2n) is 7.09. The van der Waals surface area contributed by atoms with E-state index in [1.807, 2.05) is 30.5 Å². The summed E-state index contributed by atoms with van der Waals surface area (Å²) < 4.78 is 21.5. The molecule has 26 heavy (non-hydrogen) atoms. The molecule has 0 aliphatic carbocycles. The van der Waals surface area contributed by atoms with Crippen molar-refractivity contribution in [1.82, 2.24) is 14.3 Å². The van der Waals surface area contributed by atoms with Crippen LogP contribution >= 0.6 is 0 Å². The molecule has 1 aromatic carbocycles. The van der Waals surface area contributed by atoms with Gasteiger partial charge in [0.15, 0.2) is 0 Å². The van der Waals surface area contributed by atoms with Crippen molar-refractivity contribution in [2.75, 3.05) is 13.1 Å². The number of rotatable bonds is 5. The summed E-state index contributed by atoms with van der Waals surface area (Å²) in [5.74, 6) is -0.162. The van der Waals surface area contributed by atoms with E-state index in [1.54, 1.807) is 13.0 Å². The Hall–Kier alpha value is -2.24. The molecule has 0 unspecified atom stereocenters. The summed E-state index contributed by atoms with van der Waals surface area (Å²) in [5.41, 5.74) is 3.77. The first-order valence-electron chi connectivity index (χ1n) is 9.19. The molecule has 3 aromatic rings. The second kappa shape index (κ2) is 7.56. The largest absolute Gasteiger partial charge is 0.372 e. The summed E-state index contributed by atoms with van der Waals surface area (Å²) in [4.78, 5) is 7.10. The summed E-state index contributed by atoms with van der Waals surface area (Å²) >= 11 is 0. The van der Waals surface area contributed by atoms with Gasteiger partial charge in [-0.1, -0.05) is 18.2 Å². The third-order valence-electron chi connectivity index (χ3n) is 4.97. The van der Waals surface area contributed by atoms with E-state index in [2.05, 4.69) is 20.5 Å². The van der Waals surface area contributed by atoms with Crippen molar-refractivity contribution in [3.63, 3.8) is 0 Å². The average molecular weight is 353 g/mol. The van der Waals surface area contributed by atoms with Crippen LogP contribution in [0.4, 0.5) is 4.39 Å². The van der Waals surface area contributed by atoms with Crippen LogP contribution in [0.25, 0.3) is 5.65 Å². The third-order valence-corrected chi connectivity index (χ3v) is 4.97. The minimum absolute atomic E-state index is 0.162. The second-order valence-corrected chi connectivity index (χ2v) is 7.09. The minimum atomic E-state index is -0.162. The molecule has 136 valence electrons. The average Bonchev–Trinajstić information content (AvgIpc) is 3.05. The summed E-state index contributed by atoms with van der Waals surface area (Å²) in [6, 6.07) is 11.2. The van der Waals surface area contributed by atoms with Crippen LogP contribution < -0.4 is 0 Å². The number of nitrogens with zero attached hydrogens (tertiary/aromatic N) is 3. The zero-order chi connectivity index (χ0) is 17.9. The summed E-state index contributed by atoms with van der Waals surface area (Å²) in [6.45, 7) is 5.15. The molecule has 4 nitrogen and oxygen atoms in total. The summed E-state index contributed by atoms with van der Waals surface area (Å²) in [5, 5.41) is 0. The predicted octanol–water partition coefficient (Wildman–Crippen LogP) is 3.96. The topological polar surface area (TPSA) is 29.8 Å². The van der Waals surface area contributed by atoms with Crippen LogP contribution in [-0.2, 0) is 17.9 Å². The number of pyridine rings is 1. The van der Waals surface area contributed by atoms with E-state index < -0.39 is 0 Å². The third kappa shape index (κ3) is 3.94. The van der Waals surface area contributed by atoms with Crippen LogP contribution in [-0.4, -0.2) is 33.5 Å². The van der Waals surface area contributed by atoms with Gasteiger partial charge in [-0.05, 0) is 55.6 Å². The molecule has 4 rings (SSSR count). The van der Waals surface area contributed by atoms with E-state index in [4.69, 9.17) is 4.74 Å². The molecule has 1 aliphatic rings. The molecule has 0 N–H and O–H groups in total. The Morgan fingerprint density at radius 2 is 2.19 bits per heavy atom. The number of imidazole rings is 1. The zero-order valence-electron chi connectivity index (χ0n) is 15.1. The van der Waals surface area contributed by atoms with Crippen LogP contribution in [0, 0.1) is 12.7 Å². The molecule has 2 aromatic heterocycles. The van der Waals surface area contributed by atoms with Gasteiger partial charge in [-0.3, -0.25) is 4.90 Å². The Morgan fingerprint density at radius 3 is 3.04 bits per heavy atom. The van der Waals surface area contributed by atoms with Crippen LogP contribution in [0.5, 0.6) is 0 Å². The summed E-state index contributed by atoms with van der Waals surface area (Å²) in [7, 11) is 0. The molecule has 1 saturated heterocycles. The quantitative estimate of drug-likeness (QED) is 0.695. The fraction of sp³-hybridized carbons (Fsp3) is 0.381. The number of hydrogen-bond acceptors (Lipinski definition) is 3. The van der Waals surface area contributed by atoms with Crippen LogP contribution in [0.15, 0.2) is 48.8 Å². The summed E-state index contributed by atoms with van der Waals surface area (Å²) in [6.07, 6.45) is 6.54. The molecule has 3 heterocycles. The lowest BCUT2D eigenvalue weighted by Gasteiger charge is -2.32. The minimum Gasteiger partial charge on any atom is -0.372 e. The Kier molecular flexibility index (Phi) is 5.00. The van der Waals surface area contributed by atoms with E-state index in [1.165, 1.54) is 6.07 Å². The number of halogens is 1. The Morgan fingerprint density at radius 1 is 1.27 bits per heavy atom. The maximum absolute atomic E-state index is 13.4. The zero-order valence-corrected chi connectivity index (χ0v) is 15.1. The van der Waals surface area contributed by atoms with E-state index in [0.717, 1.165) is 49.4 Å². The van der Waals surface area contributed by atoms with Gasteiger partial charge in [-0.25, -0.2) is 9.37 Å². The lowest BCUT2D eigenvalue weighted by Crippen LogP contribution is -2.39. The van der Waals surface area contributed by atoms with Gasteiger partial charge in [0.25, 0.3) is 0 Å². The van der Waals surface area contributed by atoms with Crippen LogP contribution in [0.2, 0.25) is 0 Å². The van der Waals surface area contributed by atoms with Gasteiger partial charge in [0.2, 0.25) is 0 Å². The fourth-order valence-electron chi connectivity index (χ4n) is 3.60. The van der Waals surface area contributed by atoms with Gasteiger partial charge >= 0.3 is 0 Å². The highest BCUT2D eigenvalue weighted by molar-refractivity contribution is 5.39. The first kappa shape index (κ1) is 17.2. The number of fused-ring (bicyclic) bond motifs is 1. The van der Waals surface area contributed by atoms with Gasteiger partial charge in [-0.15, -0.1) is 0 Å². The number of ether oxygens (including phenoxy) is 1. The molecule has 0 bridgehead atoms. The SMILES string of the molecule is Cc1cc(CO[C@H]2CCCN(Cc3cn4ccccc4n3)C2)ccc1F. The van der Waals surface area contributed by atoms with Gasteiger partial charge in [-0.2, -0.15) is 0 Å². The van der Waals surface area contributed by atoms with Crippen molar-refractivity contribution in [3.8, 4) is 0 Å². The number of piperidine rings is 1. The first-order valence-corrected chi connectivity index (χ1v) is 9.19. The smallest absolute Gasteiger partial charge is 0.137 e. The fourth-order valence-corrected chi connectivity index (χ4v) is 3.60. The lowest BCUT2D eigenvalue weighted by atomic mass is 10.1. The van der Waals surface area contributed by atoms with Gasteiger partial charge < -0.3 is 9.14 Å². The maximum Gasteiger partial charge on any atom is 0.137 e. The highest BCUT2D eigenvalue weighted by atomic mass is 19.1. The Labute approximate surface area is 153 Å².